The molecule has 3 nitrogen and oxygen atoms in total. The third-order valence-electron chi connectivity index (χ3n) is 0.185. The molecule has 0 radical (unpaired) electrons. The Labute approximate surface area is 36.6 Å². The summed E-state index contributed by atoms with van der Waals surface area (Å²) in [5.74, 6) is -0.511. The lowest BCUT2D eigenvalue weighted by atomic mass is 10.9. The van der Waals surface area contributed by atoms with Crippen LogP contribution in [0.5, 0.6) is 0 Å². The highest BCUT2D eigenvalue weighted by Crippen LogP contribution is 1.91. The SMILES string of the molecule is CC(=O)O[PH+]=O. The van der Waals surface area contributed by atoms with Crippen LogP contribution in [-0.4, -0.2) is 5.97 Å². The Morgan fingerprint density at radius 3 is 2.33 bits per heavy atom. The summed E-state index contributed by atoms with van der Waals surface area (Å²) >= 11 is 0. The Bertz CT molecular complexity index is 69.2. The van der Waals surface area contributed by atoms with Crippen molar-refractivity contribution in [1.29, 1.82) is 0 Å². The van der Waals surface area contributed by atoms with E-state index in [0.717, 1.165) is 0 Å². The highest BCUT2D eigenvalue weighted by Gasteiger charge is 1.93. The third-order valence-corrected chi connectivity index (χ3v) is 0.556. The van der Waals surface area contributed by atoms with Crippen LogP contribution < -0.4 is 0 Å². The average Bonchev–Trinajstić information content (AvgIpc) is 1.35. The van der Waals surface area contributed by atoms with Gasteiger partial charge in [-0.1, -0.05) is 0 Å². The fourth-order valence-corrected chi connectivity index (χ4v) is 0.176. The monoisotopic (exact) mass is 107 g/mol. The van der Waals surface area contributed by atoms with Crippen LogP contribution in [0, 0.1) is 0 Å². The number of carbonyl (C=O) groups excluding carboxylic acids is 1. The Morgan fingerprint density at radius 2 is 2.33 bits per heavy atom. The minimum absolute atomic E-state index is 0.511. The van der Waals surface area contributed by atoms with E-state index in [2.05, 4.69) is 4.52 Å². The van der Waals surface area contributed by atoms with Crippen molar-refractivity contribution in [2.75, 3.05) is 0 Å². The molecule has 0 saturated heterocycles. The van der Waals surface area contributed by atoms with Crippen LogP contribution in [0.4, 0.5) is 0 Å². The van der Waals surface area contributed by atoms with Crippen LogP contribution in [0.3, 0.4) is 0 Å². The van der Waals surface area contributed by atoms with Crippen LogP contribution in [0.2, 0.25) is 0 Å². The van der Waals surface area contributed by atoms with Gasteiger partial charge >= 0.3 is 14.7 Å². The predicted molar refractivity (Wildman–Crippen MR) is 20.8 cm³/mol. The summed E-state index contributed by atoms with van der Waals surface area (Å²) in [6.45, 7) is 1.20. The smallest absolute Gasteiger partial charge is 0.247 e. The van der Waals surface area contributed by atoms with E-state index in [9.17, 15) is 9.36 Å². The molecule has 0 spiro atoms. The molecular formula is C2H4O3P+. The van der Waals surface area contributed by atoms with Crippen LogP contribution in [0.1, 0.15) is 6.92 Å². The van der Waals surface area contributed by atoms with Gasteiger partial charge in [0.15, 0.2) is 0 Å². The maximum absolute atomic E-state index is 9.63. The highest BCUT2D eigenvalue weighted by molar-refractivity contribution is 7.18. The summed E-state index contributed by atoms with van der Waals surface area (Å²) in [5.41, 5.74) is 0. The first-order valence-corrected chi connectivity index (χ1v) is 2.13. The molecule has 0 rings (SSSR count). The van der Waals surface area contributed by atoms with Crippen molar-refractivity contribution in [3.8, 4) is 0 Å². The summed E-state index contributed by atoms with van der Waals surface area (Å²) < 4.78 is 13.2. The molecule has 0 N–H and O–H groups in total. The first-order valence-electron chi connectivity index (χ1n) is 1.32. The molecule has 34 valence electrons. The first-order chi connectivity index (χ1) is 2.77. The van der Waals surface area contributed by atoms with Crippen molar-refractivity contribution in [2.45, 2.75) is 6.92 Å². The molecule has 0 aliphatic rings. The number of hydrogen-bond donors (Lipinski definition) is 0. The molecule has 0 aliphatic carbocycles. The zero-order valence-electron chi connectivity index (χ0n) is 3.22. The normalized spacial score (nSPS) is 8.17. The molecule has 4 heteroatoms. The van der Waals surface area contributed by atoms with Gasteiger partial charge in [0.05, 0.1) is 0 Å². The van der Waals surface area contributed by atoms with Crippen molar-refractivity contribution in [3.63, 3.8) is 0 Å². The van der Waals surface area contributed by atoms with Crippen molar-refractivity contribution in [1.82, 2.24) is 0 Å². The van der Waals surface area contributed by atoms with Gasteiger partial charge in [0.1, 0.15) is 0 Å². The molecule has 1 unspecified atom stereocenters. The van der Waals surface area contributed by atoms with Crippen molar-refractivity contribution in [3.05, 3.63) is 0 Å². The summed E-state index contributed by atoms with van der Waals surface area (Å²) in [6, 6.07) is 0. The lowest BCUT2D eigenvalue weighted by Crippen LogP contribution is -1.83. The van der Waals surface area contributed by atoms with Gasteiger partial charge in [-0.15, -0.1) is 0 Å². The lowest BCUT2D eigenvalue weighted by molar-refractivity contribution is -0.131. The molecule has 0 aromatic heterocycles. The van der Waals surface area contributed by atoms with E-state index in [0.29, 0.717) is 0 Å². The Balaban J connectivity index is 3.05. The molecule has 0 bridgehead atoms. The van der Waals surface area contributed by atoms with E-state index in [1.807, 2.05) is 0 Å². The van der Waals surface area contributed by atoms with E-state index >= 15 is 0 Å². The second-order valence-corrected chi connectivity index (χ2v) is 1.05. The van der Waals surface area contributed by atoms with E-state index in [1.165, 1.54) is 6.92 Å². The quantitative estimate of drug-likeness (QED) is 0.458. The van der Waals surface area contributed by atoms with E-state index in [1.54, 1.807) is 0 Å². The van der Waals surface area contributed by atoms with E-state index in [4.69, 9.17) is 0 Å². The number of rotatable bonds is 1. The second-order valence-electron chi connectivity index (χ2n) is 0.677. The van der Waals surface area contributed by atoms with Crippen molar-refractivity contribution < 1.29 is 13.9 Å². The minimum Gasteiger partial charge on any atom is -0.247 e. The lowest BCUT2D eigenvalue weighted by Gasteiger charge is -1.66. The maximum atomic E-state index is 9.63. The maximum Gasteiger partial charge on any atom is 0.545 e. The first kappa shape index (κ1) is 5.57. The highest BCUT2D eigenvalue weighted by atomic mass is 31.1. The molecule has 0 fully saturated rings. The molecular weight excluding hydrogens is 103 g/mol. The van der Waals surface area contributed by atoms with E-state index in [-0.39, 0.29) is 0 Å². The minimum atomic E-state index is -0.961. The fourth-order valence-electron chi connectivity index (χ4n) is 0.0587. The summed E-state index contributed by atoms with van der Waals surface area (Å²) in [6.07, 6.45) is 0. The van der Waals surface area contributed by atoms with Crippen LogP contribution in [0.25, 0.3) is 0 Å². The zero-order chi connectivity index (χ0) is 4.99. The number of carbonyl (C=O) groups is 1. The largest absolute Gasteiger partial charge is 0.545 e. The zero-order valence-corrected chi connectivity index (χ0v) is 4.22. The summed E-state index contributed by atoms with van der Waals surface area (Å²) in [4.78, 5) is 9.63. The van der Waals surface area contributed by atoms with E-state index < -0.39 is 14.7 Å². The van der Waals surface area contributed by atoms with Gasteiger partial charge in [-0.25, -0.2) is 9.32 Å². The van der Waals surface area contributed by atoms with Gasteiger partial charge in [-0.3, -0.25) is 0 Å². The second kappa shape index (κ2) is 2.79. The standard InChI is InChI=1S/C2H4O3P/c1-2(3)5-6-4/h6H,1H3/q+1. The van der Waals surface area contributed by atoms with Crippen LogP contribution in [-0.2, 0) is 13.9 Å². The Hall–Kier alpha value is -0.430. The van der Waals surface area contributed by atoms with Crippen molar-refractivity contribution in [2.24, 2.45) is 0 Å². The van der Waals surface area contributed by atoms with Gasteiger partial charge in [0.2, 0.25) is 0 Å². The summed E-state index contributed by atoms with van der Waals surface area (Å²) in [5, 5.41) is 0. The van der Waals surface area contributed by atoms with Crippen LogP contribution in [0.15, 0.2) is 0 Å². The molecule has 0 saturated carbocycles. The third kappa shape index (κ3) is 3.57. The van der Waals surface area contributed by atoms with Gasteiger partial charge in [0.25, 0.3) is 0 Å². The van der Waals surface area contributed by atoms with Crippen LogP contribution >= 0.6 is 8.69 Å². The Morgan fingerprint density at radius 1 is 1.83 bits per heavy atom. The molecule has 0 aromatic carbocycles. The predicted octanol–water partition coefficient (Wildman–Crippen LogP) is 0.488. The Kier molecular flexibility index (Phi) is 2.59. The van der Waals surface area contributed by atoms with Crippen molar-refractivity contribution >= 4 is 14.7 Å². The molecule has 0 aromatic rings. The molecule has 0 heterocycles. The van der Waals surface area contributed by atoms with Gasteiger partial charge < -0.3 is 0 Å². The molecule has 6 heavy (non-hydrogen) atoms. The van der Waals surface area contributed by atoms with Gasteiger partial charge in [0, 0.05) is 6.92 Å². The molecule has 0 aliphatic heterocycles. The molecule has 1 atom stereocenters. The van der Waals surface area contributed by atoms with Gasteiger partial charge in [-0.2, -0.15) is 0 Å². The van der Waals surface area contributed by atoms with Gasteiger partial charge in [-0.05, 0) is 4.57 Å². The molecule has 0 amide bonds. The average molecular weight is 107 g/mol. The topological polar surface area (TPSA) is 43.4 Å². The summed E-state index contributed by atoms with van der Waals surface area (Å²) in [7, 11) is -0.961. The number of hydrogen-bond acceptors (Lipinski definition) is 3. The fraction of sp³-hybridized carbons (Fsp3) is 0.500.